The molecule has 18 heavy (non-hydrogen) atoms. The first-order valence-electron chi connectivity index (χ1n) is 6.66. The van der Waals surface area contributed by atoms with Gasteiger partial charge in [0.1, 0.15) is 0 Å². The second-order valence-electron chi connectivity index (χ2n) is 4.96. The smallest absolute Gasteiger partial charge is 0.0527 e. The molecule has 1 aromatic rings. The van der Waals surface area contributed by atoms with Gasteiger partial charge in [-0.15, -0.1) is 0 Å². The Morgan fingerprint density at radius 3 is 2.72 bits per heavy atom. The van der Waals surface area contributed by atoms with E-state index < -0.39 is 0 Å². The van der Waals surface area contributed by atoms with E-state index in [1.807, 2.05) is 6.07 Å². The van der Waals surface area contributed by atoms with Gasteiger partial charge in [0.15, 0.2) is 0 Å². The maximum Gasteiger partial charge on any atom is 0.0527 e. The van der Waals surface area contributed by atoms with E-state index >= 15 is 0 Å². The third kappa shape index (κ3) is 3.25. The fourth-order valence-corrected chi connectivity index (χ4v) is 2.67. The lowest BCUT2D eigenvalue weighted by Gasteiger charge is -2.31. The van der Waals surface area contributed by atoms with Crippen molar-refractivity contribution in [2.75, 3.05) is 0 Å². The molecule has 0 saturated heterocycles. The molecule has 4 nitrogen and oxygen atoms in total. The van der Waals surface area contributed by atoms with Crippen LogP contribution in [0, 0.1) is 0 Å². The molecule has 96 valence electrons. The number of rotatable bonds is 4. The molecule has 0 amide bonds. The molecule has 0 aliphatic heterocycles. The number of azide groups is 1. The average molecular weight is 244 g/mol. The Balaban J connectivity index is 2.00. The summed E-state index contributed by atoms with van der Waals surface area (Å²) in [5.41, 5.74) is 9.90. The highest BCUT2D eigenvalue weighted by atomic mass is 15.2. The van der Waals surface area contributed by atoms with E-state index in [9.17, 15) is 0 Å². The zero-order valence-electron chi connectivity index (χ0n) is 10.8. The number of hydrogen-bond donors (Lipinski definition) is 1. The van der Waals surface area contributed by atoms with Gasteiger partial charge in [-0.3, -0.25) is 0 Å². The second-order valence-corrected chi connectivity index (χ2v) is 4.96. The third-order valence-corrected chi connectivity index (χ3v) is 3.69. The van der Waals surface area contributed by atoms with E-state index in [1.54, 1.807) is 0 Å². The Hall–Kier alpha value is -1.51. The maximum absolute atomic E-state index is 8.62. The van der Waals surface area contributed by atoms with Crippen LogP contribution in [-0.2, 0) is 0 Å². The van der Waals surface area contributed by atoms with Gasteiger partial charge in [-0.25, -0.2) is 0 Å². The number of nitrogens with zero attached hydrogens (tertiary/aromatic N) is 3. The summed E-state index contributed by atoms with van der Waals surface area (Å²) in [6, 6.07) is 11.1. The van der Waals surface area contributed by atoms with Crippen molar-refractivity contribution in [3.63, 3.8) is 0 Å². The van der Waals surface area contributed by atoms with Gasteiger partial charge in [0.25, 0.3) is 0 Å². The standard InChI is InChI=1S/C14H20N4/c1-11(12-7-3-2-4-8-12)16-13-9-5-6-10-14(13)17-18-15/h2-4,7-8,11,13-14,16H,5-6,9-10H2,1H3/t11-,13-,14-/m1/s1. The highest BCUT2D eigenvalue weighted by Gasteiger charge is 2.25. The molecule has 3 atom stereocenters. The summed E-state index contributed by atoms with van der Waals surface area (Å²) < 4.78 is 0. The summed E-state index contributed by atoms with van der Waals surface area (Å²) >= 11 is 0. The fraction of sp³-hybridized carbons (Fsp3) is 0.571. The Labute approximate surface area is 108 Å². The molecule has 2 rings (SSSR count). The normalized spacial score (nSPS) is 25.2. The Kier molecular flexibility index (Phi) is 4.62. The summed E-state index contributed by atoms with van der Waals surface area (Å²) in [7, 11) is 0. The van der Waals surface area contributed by atoms with E-state index in [2.05, 4.69) is 46.5 Å². The highest BCUT2D eigenvalue weighted by Crippen LogP contribution is 2.24. The summed E-state index contributed by atoms with van der Waals surface area (Å²) in [6.45, 7) is 2.16. The van der Waals surface area contributed by atoms with Gasteiger partial charge in [-0.05, 0) is 30.9 Å². The van der Waals surface area contributed by atoms with Crippen LogP contribution in [0.5, 0.6) is 0 Å². The van der Waals surface area contributed by atoms with Gasteiger partial charge in [-0.2, -0.15) is 0 Å². The van der Waals surface area contributed by atoms with Crippen molar-refractivity contribution < 1.29 is 0 Å². The van der Waals surface area contributed by atoms with Crippen LogP contribution >= 0.6 is 0 Å². The van der Waals surface area contributed by atoms with E-state index in [1.165, 1.54) is 18.4 Å². The number of benzene rings is 1. The van der Waals surface area contributed by atoms with Gasteiger partial charge < -0.3 is 5.32 Å². The SMILES string of the molecule is C[C@@H](N[C@@H]1CCCC[C@H]1N=[N+]=[N-])c1ccccc1. The van der Waals surface area contributed by atoms with E-state index in [0.29, 0.717) is 12.1 Å². The zero-order valence-corrected chi connectivity index (χ0v) is 10.8. The zero-order chi connectivity index (χ0) is 12.8. The Morgan fingerprint density at radius 2 is 2.00 bits per heavy atom. The quantitative estimate of drug-likeness (QED) is 0.486. The topological polar surface area (TPSA) is 60.8 Å². The van der Waals surface area contributed by atoms with Crippen molar-refractivity contribution in [2.45, 2.75) is 50.7 Å². The summed E-state index contributed by atoms with van der Waals surface area (Å²) in [6.07, 6.45) is 4.49. The molecule has 1 N–H and O–H groups in total. The van der Waals surface area contributed by atoms with Crippen LogP contribution in [0.2, 0.25) is 0 Å². The first-order valence-corrected chi connectivity index (χ1v) is 6.66. The molecular weight excluding hydrogens is 224 g/mol. The van der Waals surface area contributed by atoms with Crippen molar-refractivity contribution in [1.29, 1.82) is 0 Å². The largest absolute Gasteiger partial charge is 0.307 e. The molecule has 1 fully saturated rings. The van der Waals surface area contributed by atoms with Crippen LogP contribution in [-0.4, -0.2) is 12.1 Å². The minimum atomic E-state index is 0.106. The molecule has 1 aromatic carbocycles. The van der Waals surface area contributed by atoms with Crippen molar-refractivity contribution >= 4 is 0 Å². The summed E-state index contributed by atoms with van der Waals surface area (Å²) in [5, 5.41) is 7.53. The third-order valence-electron chi connectivity index (χ3n) is 3.69. The maximum atomic E-state index is 8.62. The summed E-state index contributed by atoms with van der Waals surface area (Å²) in [5.74, 6) is 0. The molecule has 1 aliphatic rings. The lowest BCUT2D eigenvalue weighted by Crippen LogP contribution is -2.42. The van der Waals surface area contributed by atoms with E-state index in [4.69, 9.17) is 5.53 Å². The molecule has 1 saturated carbocycles. The van der Waals surface area contributed by atoms with Crippen LogP contribution in [0.1, 0.15) is 44.2 Å². The van der Waals surface area contributed by atoms with E-state index in [-0.39, 0.29) is 6.04 Å². The van der Waals surface area contributed by atoms with Crippen molar-refractivity contribution in [3.8, 4) is 0 Å². The van der Waals surface area contributed by atoms with Gasteiger partial charge in [0.05, 0.1) is 6.04 Å². The first-order chi connectivity index (χ1) is 8.81. The molecule has 0 bridgehead atoms. The van der Waals surface area contributed by atoms with Crippen LogP contribution in [0.15, 0.2) is 35.4 Å². The average Bonchev–Trinajstić information content (AvgIpc) is 2.42. The van der Waals surface area contributed by atoms with Gasteiger partial charge in [0, 0.05) is 17.0 Å². The van der Waals surface area contributed by atoms with Gasteiger partial charge in [0.2, 0.25) is 0 Å². The molecule has 4 heteroatoms. The van der Waals surface area contributed by atoms with Crippen molar-refractivity contribution in [1.82, 2.24) is 5.32 Å². The Morgan fingerprint density at radius 1 is 1.28 bits per heavy atom. The monoisotopic (exact) mass is 244 g/mol. The number of nitrogens with one attached hydrogen (secondary N) is 1. The molecule has 0 unspecified atom stereocenters. The van der Waals surface area contributed by atoms with Crippen molar-refractivity contribution in [2.24, 2.45) is 5.11 Å². The molecule has 1 aliphatic carbocycles. The lowest BCUT2D eigenvalue weighted by atomic mass is 9.90. The molecular formula is C14H20N4. The molecule has 0 spiro atoms. The number of hydrogen-bond acceptors (Lipinski definition) is 2. The molecule has 0 radical (unpaired) electrons. The highest BCUT2D eigenvalue weighted by molar-refractivity contribution is 5.18. The van der Waals surface area contributed by atoms with Crippen LogP contribution < -0.4 is 5.32 Å². The molecule has 0 aromatic heterocycles. The van der Waals surface area contributed by atoms with Crippen LogP contribution in [0.25, 0.3) is 10.4 Å². The van der Waals surface area contributed by atoms with Crippen molar-refractivity contribution in [3.05, 3.63) is 46.3 Å². The summed E-state index contributed by atoms with van der Waals surface area (Å²) in [4.78, 5) is 2.97. The predicted molar refractivity (Wildman–Crippen MR) is 73.2 cm³/mol. The van der Waals surface area contributed by atoms with Crippen LogP contribution in [0.3, 0.4) is 0 Å². The minimum absolute atomic E-state index is 0.106. The van der Waals surface area contributed by atoms with Crippen LogP contribution in [0.4, 0.5) is 0 Å². The predicted octanol–water partition coefficient (Wildman–Crippen LogP) is 3.96. The van der Waals surface area contributed by atoms with Gasteiger partial charge >= 0.3 is 0 Å². The lowest BCUT2D eigenvalue weighted by molar-refractivity contribution is 0.306. The fourth-order valence-electron chi connectivity index (χ4n) is 2.67. The minimum Gasteiger partial charge on any atom is -0.307 e. The van der Waals surface area contributed by atoms with E-state index in [0.717, 1.165) is 12.8 Å². The Bertz CT molecular complexity index is 411. The molecule has 0 heterocycles. The second kappa shape index (κ2) is 6.43. The first kappa shape index (κ1) is 12.9. The van der Waals surface area contributed by atoms with Gasteiger partial charge in [-0.1, -0.05) is 48.3 Å².